The molecule has 41 heavy (non-hydrogen) atoms. The van der Waals surface area contributed by atoms with Gasteiger partial charge in [0.1, 0.15) is 11.8 Å². The largest absolute Gasteiger partial charge is 0.325 e. The van der Waals surface area contributed by atoms with Gasteiger partial charge in [0.05, 0.1) is 21.6 Å². The maximum absolute atomic E-state index is 13.9. The second kappa shape index (κ2) is 10.4. The van der Waals surface area contributed by atoms with Crippen LogP contribution in [-0.4, -0.2) is 37.4 Å². The van der Waals surface area contributed by atoms with Crippen molar-refractivity contribution in [2.75, 3.05) is 10.2 Å². The van der Waals surface area contributed by atoms with Gasteiger partial charge in [0.2, 0.25) is 17.7 Å². The fourth-order valence-electron chi connectivity index (χ4n) is 5.22. The van der Waals surface area contributed by atoms with E-state index in [1.54, 1.807) is 30.6 Å². The molecule has 4 aromatic rings. The number of imide groups is 1. The van der Waals surface area contributed by atoms with E-state index in [1.165, 1.54) is 28.8 Å². The van der Waals surface area contributed by atoms with Crippen molar-refractivity contribution in [1.29, 1.82) is 0 Å². The molecule has 0 bridgehead atoms. The number of fused-ring (bicyclic) bond motifs is 2. The number of amides is 3. The van der Waals surface area contributed by atoms with E-state index in [0.717, 1.165) is 33.6 Å². The Labute approximate surface area is 241 Å². The van der Waals surface area contributed by atoms with E-state index in [2.05, 4.69) is 10.3 Å². The van der Waals surface area contributed by atoms with E-state index in [0.29, 0.717) is 21.2 Å². The van der Waals surface area contributed by atoms with E-state index in [-0.39, 0.29) is 22.8 Å². The molecule has 0 radical (unpaired) electrons. The summed E-state index contributed by atoms with van der Waals surface area (Å²) in [6.45, 7) is 1.64. The van der Waals surface area contributed by atoms with Crippen molar-refractivity contribution in [3.8, 4) is 0 Å². The first-order valence-electron chi connectivity index (χ1n) is 12.5. The number of thiazole rings is 1. The highest BCUT2D eigenvalue weighted by molar-refractivity contribution is 8.00. The van der Waals surface area contributed by atoms with Crippen molar-refractivity contribution in [3.05, 3.63) is 109 Å². The van der Waals surface area contributed by atoms with Gasteiger partial charge in [-0.2, -0.15) is 0 Å². The van der Waals surface area contributed by atoms with Crippen LogP contribution in [0.1, 0.15) is 21.9 Å². The molecule has 1 fully saturated rings. The van der Waals surface area contributed by atoms with E-state index < -0.39 is 39.7 Å². The Kier molecular flexibility index (Phi) is 6.75. The van der Waals surface area contributed by atoms with Gasteiger partial charge in [0.25, 0.3) is 5.69 Å². The van der Waals surface area contributed by atoms with Gasteiger partial charge in [-0.3, -0.25) is 38.8 Å². The molecule has 2 aliphatic heterocycles. The number of carbonyl (C=O) groups excluding carboxylic acids is 3. The lowest BCUT2D eigenvalue weighted by Crippen LogP contribution is -2.33. The molecular formula is C28H21N5O6S2. The number of rotatable bonds is 6. The second-order valence-corrected chi connectivity index (χ2v) is 11.8. The predicted octanol–water partition coefficient (Wildman–Crippen LogP) is 3.96. The number of non-ortho nitro benzene ring substituents is 1. The van der Waals surface area contributed by atoms with Crippen LogP contribution in [0.2, 0.25) is 0 Å². The highest BCUT2D eigenvalue weighted by Gasteiger charge is 2.57. The number of aryl methyl sites for hydroxylation is 1. The van der Waals surface area contributed by atoms with Crippen molar-refractivity contribution in [2.24, 2.45) is 5.92 Å². The number of hydrogen-bond acceptors (Lipinski definition) is 9. The summed E-state index contributed by atoms with van der Waals surface area (Å²) < 4.78 is 1.35. The summed E-state index contributed by atoms with van der Waals surface area (Å²) in [6.07, 6.45) is 3.19. The lowest BCUT2D eigenvalue weighted by Gasteiger charge is -2.30. The summed E-state index contributed by atoms with van der Waals surface area (Å²) in [7, 11) is 0. The molecular weight excluding hydrogens is 566 g/mol. The quantitative estimate of drug-likeness (QED) is 0.203. The van der Waals surface area contributed by atoms with Crippen molar-refractivity contribution >= 4 is 57.9 Å². The number of pyridine rings is 1. The molecule has 2 unspecified atom stereocenters. The molecule has 2 aromatic heterocycles. The number of nitrogens with one attached hydrogen (secondary N) is 1. The van der Waals surface area contributed by atoms with E-state index >= 15 is 0 Å². The lowest BCUT2D eigenvalue weighted by atomic mass is 9.84. The summed E-state index contributed by atoms with van der Waals surface area (Å²) in [6, 6.07) is 16.0. The predicted molar refractivity (Wildman–Crippen MR) is 153 cm³/mol. The van der Waals surface area contributed by atoms with Crippen LogP contribution in [0.15, 0.2) is 82.9 Å². The molecule has 11 nitrogen and oxygen atoms in total. The standard InChI is InChI=1S/C28H21N5O6S2/c1-15-4-2-6-17(12-15)30-20(34)14-31-27-24(41-28(31)37)21(16-5-3-11-29-13-16)22-23(40-27)26(36)32(25(22)35)18-7-9-19(10-8-18)33(38)39/h2-13,21-23H,14H2,1H3,(H,30,34)/t21-,22?,23?/m1/s1. The summed E-state index contributed by atoms with van der Waals surface area (Å²) in [4.78, 5) is 69.8. The van der Waals surface area contributed by atoms with Gasteiger partial charge in [0, 0.05) is 41.0 Å². The van der Waals surface area contributed by atoms with Crippen LogP contribution in [-0.2, 0) is 20.9 Å². The van der Waals surface area contributed by atoms with Gasteiger partial charge >= 0.3 is 4.87 Å². The maximum Gasteiger partial charge on any atom is 0.308 e. The summed E-state index contributed by atoms with van der Waals surface area (Å²) in [5.41, 5.74) is 2.29. The van der Waals surface area contributed by atoms with Crippen molar-refractivity contribution in [3.63, 3.8) is 0 Å². The van der Waals surface area contributed by atoms with Crippen molar-refractivity contribution < 1.29 is 19.3 Å². The molecule has 13 heteroatoms. The van der Waals surface area contributed by atoms with E-state index in [9.17, 15) is 29.3 Å². The minimum atomic E-state index is -0.879. The SMILES string of the molecule is Cc1cccc(NC(=O)Cn2c3c(sc2=O)[C@H](c2cccnc2)C2C(=O)N(c4ccc([N+](=O)[O-])cc4)C(=O)C2S3)c1. The Balaban J connectivity index is 1.38. The molecule has 6 rings (SSSR count). The first kappa shape index (κ1) is 26.6. The zero-order chi connectivity index (χ0) is 28.8. The molecule has 0 aliphatic carbocycles. The molecule has 3 atom stereocenters. The molecule has 1 saturated heterocycles. The van der Waals surface area contributed by atoms with Gasteiger partial charge in [-0.15, -0.1) is 0 Å². The van der Waals surface area contributed by atoms with Crippen LogP contribution in [0.3, 0.4) is 0 Å². The number of benzene rings is 2. The van der Waals surface area contributed by atoms with Gasteiger partial charge in [0.15, 0.2) is 0 Å². The summed E-state index contributed by atoms with van der Waals surface area (Å²) in [5.74, 6) is -2.85. The van der Waals surface area contributed by atoms with Crippen molar-refractivity contribution in [2.45, 2.75) is 29.7 Å². The summed E-state index contributed by atoms with van der Waals surface area (Å²) >= 11 is 2.04. The van der Waals surface area contributed by atoms with Crippen LogP contribution in [0.25, 0.3) is 0 Å². The van der Waals surface area contributed by atoms with Crippen molar-refractivity contribution in [1.82, 2.24) is 9.55 Å². The van der Waals surface area contributed by atoms with Gasteiger partial charge in [-0.05, 0) is 48.4 Å². The lowest BCUT2D eigenvalue weighted by molar-refractivity contribution is -0.384. The normalized spacial score (nSPS) is 19.5. The smallest absolute Gasteiger partial charge is 0.308 e. The van der Waals surface area contributed by atoms with Crippen LogP contribution < -0.4 is 15.1 Å². The third-order valence-corrected chi connectivity index (χ3v) is 9.62. The Morgan fingerprint density at radius 3 is 2.54 bits per heavy atom. The molecule has 4 heterocycles. The topological polar surface area (TPSA) is 145 Å². The summed E-state index contributed by atoms with van der Waals surface area (Å²) in [5, 5.41) is 13.5. The maximum atomic E-state index is 13.9. The van der Waals surface area contributed by atoms with Crippen LogP contribution in [0.4, 0.5) is 17.1 Å². The van der Waals surface area contributed by atoms with Gasteiger partial charge in [-0.25, -0.2) is 4.90 Å². The minimum absolute atomic E-state index is 0.164. The number of nitrogens with zero attached hydrogens (tertiary/aromatic N) is 4. The molecule has 206 valence electrons. The number of nitro benzene ring substituents is 1. The fraction of sp³-hybridized carbons (Fsp3) is 0.179. The zero-order valence-corrected chi connectivity index (χ0v) is 23.1. The first-order chi connectivity index (χ1) is 19.7. The Bertz CT molecular complexity index is 1770. The first-order valence-corrected chi connectivity index (χ1v) is 14.2. The van der Waals surface area contributed by atoms with Crippen LogP contribution >= 0.6 is 23.1 Å². The number of thioether (sulfide) groups is 1. The molecule has 0 saturated carbocycles. The zero-order valence-electron chi connectivity index (χ0n) is 21.4. The molecule has 2 aliphatic rings. The molecule has 1 N–H and O–H groups in total. The Hall–Kier alpha value is -4.62. The number of nitro groups is 1. The monoisotopic (exact) mass is 587 g/mol. The number of aromatic nitrogens is 2. The Morgan fingerprint density at radius 2 is 1.85 bits per heavy atom. The average Bonchev–Trinajstić information content (AvgIpc) is 3.39. The third-order valence-electron chi connectivity index (χ3n) is 7.02. The molecule has 2 aromatic carbocycles. The Morgan fingerprint density at radius 1 is 1.07 bits per heavy atom. The van der Waals surface area contributed by atoms with E-state index in [4.69, 9.17) is 0 Å². The number of hydrogen-bond donors (Lipinski definition) is 1. The fourth-order valence-corrected chi connectivity index (χ4v) is 7.99. The van der Waals surface area contributed by atoms with Gasteiger partial charge < -0.3 is 5.32 Å². The average molecular weight is 588 g/mol. The number of anilines is 2. The highest BCUT2D eigenvalue weighted by atomic mass is 32.2. The van der Waals surface area contributed by atoms with Crippen LogP contribution in [0.5, 0.6) is 0 Å². The highest BCUT2D eigenvalue weighted by Crippen LogP contribution is 2.53. The van der Waals surface area contributed by atoms with E-state index in [1.807, 2.05) is 25.1 Å². The molecule has 0 spiro atoms. The molecule has 3 amide bonds. The minimum Gasteiger partial charge on any atom is -0.325 e. The van der Waals surface area contributed by atoms with Crippen LogP contribution in [0, 0.1) is 23.0 Å². The second-order valence-electron chi connectivity index (χ2n) is 9.65. The third kappa shape index (κ3) is 4.72. The van der Waals surface area contributed by atoms with Gasteiger partial charge in [-0.1, -0.05) is 41.3 Å². The number of carbonyl (C=O) groups is 3.